The Balaban J connectivity index is 1.61. The van der Waals surface area contributed by atoms with Crippen molar-refractivity contribution < 1.29 is 19.1 Å². The third kappa shape index (κ3) is 5.97. The fourth-order valence-corrected chi connectivity index (χ4v) is 4.90. The van der Waals surface area contributed by atoms with Crippen LogP contribution in [-0.2, 0) is 20.9 Å². The Bertz CT molecular complexity index is 1430. The second-order valence-electron chi connectivity index (χ2n) is 9.46. The summed E-state index contributed by atoms with van der Waals surface area (Å²) in [6, 6.07) is 20.1. The predicted octanol–water partition coefficient (Wildman–Crippen LogP) is 6.56. The standard InChI is InChI=1S/C31H31ClN2O4/c1-5-38-31(37)29-21(4)34(28(35)17-27(29)23-9-7-11-25(32)16-23)18-22-8-6-10-24(15-22)30(36)33-26-13-12-19(2)20(3)14-26/h6-16,27H,5,17-18H2,1-4H3,(H,33,36). The Labute approximate surface area is 228 Å². The van der Waals surface area contributed by atoms with E-state index in [9.17, 15) is 14.4 Å². The Morgan fingerprint density at radius 2 is 1.76 bits per heavy atom. The summed E-state index contributed by atoms with van der Waals surface area (Å²) in [6.45, 7) is 7.98. The van der Waals surface area contributed by atoms with Gasteiger partial charge in [0.2, 0.25) is 5.91 Å². The second kappa shape index (κ2) is 11.7. The molecule has 1 aliphatic heterocycles. The lowest BCUT2D eigenvalue weighted by Gasteiger charge is -2.34. The van der Waals surface area contributed by atoms with E-state index in [2.05, 4.69) is 5.32 Å². The van der Waals surface area contributed by atoms with Crippen LogP contribution in [0.5, 0.6) is 0 Å². The maximum Gasteiger partial charge on any atom is 0.336 e. The lowest BCUT2D eigenvalue weighted by molar-refractivity contribution is -0.140. The van der Waals surface area contributed by atoms with E-state index in [1.165, 1.54) is 0 Å². The number of ether oxygens (including phenoxy) is 1. The van der Waals surface area contributed by atoms with Crippen molar-refractivity contribution >= 4 is 35.1 Å². The topological polar surface area (TPSA) is 75.7 Å². The summed E-state index contributed by atoms with van der Waals surface area (Å²) < 4.78 is 5.37. The van der Waals surface area contributed by atoms with Gasteiger partial charge < -0.3 is 15.0 Å². The molecule has 1 N–H and O–H groups in total. The molecule has 0 aromatic heterocycles. The number of anilines is 1. The summed E-state index contributed by atoms with van der Waals surface area (Å²) in [6.07, 6.45) is 0.110. The van der Waals surface area contributed by atoms with Gasteiger partial charge in [0.15, 0.2) is 0 Å². The van der Waals surface area contributed by atoms with Gasteiger partial charge in [0, 0.05) is 34.3 Å². The largest absolute Gasteiger partial charge is 0.463 e. The molecule has 2 amide bonds. The fraction of sp³-hybridized carbons (Fsp3) is 0.258. The summed E-state index contributed by atoms with van der Waals surface area (Å²) in [4.78, 5) is 40.9. The summed E-state index contributed by atoms with van der Waals surface area (Å²) in [5, 5.41) is 3.47. The van der Waals surface area contributed by atoms with E-state index in [1.807, 2.05) is 44.2 Å². The summed E-state index contributed by atoms with van der Waals surface area (Å²) in [5.74, 6) is -1.26. The summed E-state index contributed by atoms with van der Waals surface area (Å²) in [7, 11) is 0. The first-order valence-electron chi connectivity index (χ1n) is 12.6. The first-order valence-corrected chi connectivity index (χ1v) is 13.0. The molecule has 0 bridgehead atoms. The molecule has 0 saturated heterocycles. The first-order chi connectivity index (χ1) is 18.2. The third-order valence-electron chi connectivity index (χ3n) is 6.86. The van der Waals surface area contributed by atoms with Gasteiger partial charge in [0.05, 0.1) is 18.7 Å². The number of allylic oxidation sites excluding steroid dienone is 1. The molecule has 0 aliphatic carbocycles. The zero-order chi connectivity index (χ0) is 27.4. The normalized spacial score (nSPS) is 15.4. The highest BCUT2D eigenvalue weighted by Crippen LogP contribution is 2.38. The number of hydrogen-bond acceptors (Lipinski definition) is 4. The van der Waals surface area contributed by atoms with Gasteiger partial charge in [0.25, 0.3) is 5.91 Å². The van der Waals surface area contributed by atoms with E-state index in [4.69, 9.17) is 16.3 Å². The Hall–Kier alpha value is -3.90. The number of nitrogens with one attached hydrogen (secondary N) is 1. The molecule has 196 valence electrons. The van der Waals surface area contributed by atoms with Gasteiger partial charge in [-0.2, -0.15) is 0 Å². The molecule has 4 rings (SSSR count). The minimum atomic E-state index is -0.452. The molecule has 1 unspecified atom stereocenters. The molecule has 0 fully saturated rings. The summed E-state index contributed by atoms with van der Waals surface area (Å²) >= 11 is 6.21. The maximum atomic E-state index is 13.4. The van der Waals surface area contributed by atoms with Crippen LogP contribution in [0.15, 0.2) is 78.0 Å². The van der Waals surface area contributed by atoms with E-state index in [-0.39, 0.29) is 31.4 Å². The van der Waals surface area contributed by atoms with Crippen LogP contribution in [0.3, 0.4) is 0 Å². The Kier molecular flexibility index (Phi) is 8.32. The van der Waals surface area contributed by atoms with E-state index < -0.39 is 11.9 Å². The number of esters is 1. The molecular weight excluding hydrogens is 500 g/mol. The van der Waals surface area contributed by atoms with Crippen LogP contribution < -0.4 is 5.32 Å². The Morgan fingerprint density at radius 1 is 1.00 bits per heavy atom. The highest BCUT2D eigenvalue weighted by atomic mass is 35.5. The molecule has 38 heavy (non-hydrogen) atoms. The van der Waals surface area contributed by atoms with Crippen LogP contribution in [0.1, 0.15) is 58.8 Å². The van der Waals surface area contributed by atoms with Crippen molar-refractivity contribution in [1.29, 1.82) is 0 Å². The zero-order valence-corrected chi connectivity index (χ0v) is 22.8. The average Bonchev–Trinajstić information content (AvgIpc) is 2.88. The molecule has 1 aliphatic rings. The van der Waals surface area contributed by atoms with E-state index in [0.717, 1.165) is 27.9 Å². The van der Waals surface area contributed by atoms with Crippen molar-refractivity contribution in [3.63, 3.8) is 0 Å². The van der Waals surface area contributed by atoms with Crippen LogP contribution >= 0.6 is 11.6 Å². The first kappa shape index (κ1) is 27.1. The predicted molar refractivity (Wildman–Crippen MR) is 149 cm³/mol. The van der Waals surface area contributed by atoms with Gasteiger partial charge in [-0.1, -0.05) is 41.9 Å². The molecule has 3 aromatic rings. The second-order valence-corrected chi connectivity index (χ2v) is 9.90. The van der Waals surface area contributed by atoms with Crippen molar-refractivity contribution in [2.45, 2.75) is 46.6 Å². The van der Waals surface area contributed by atoms with Crippen LogP contribution in [0.4, 0.5) is 5.69 Å². The Morgan fingerprint density at radius 3 is 2.47 bits per heavy atom. The summed E-state index contributed by atoms with van der Waals surface area (Å²) in [5.41, 5.74) is 5.99. The van der Waals surface area contributed by atoms with Gasteiger partial charge >= 0.3 is 5.97 Å². The molecule has 0 radical (unpaired) electrons. The van der Waals surface area contributed by atoms with Gasteiger partial charge in [0.1, 0.15) is 0 Å². The van der Waals surface area contributed by atoms with E-state index in [1.54, 1.807) is 55.1 Å². The quantitative estimate of drug-likeness (QED) is 0.351. The van der Waals surface area contributed by atoms with E-state index >= 15 is 0 Å². The van der Waals surface area contributed by atoms with Crippen LogP contribution in [0.25, 0.3) is 0 Å². The maximum absolute atomic E-state index is 13.4. The molecular formula is C31H31ClN2O4. The molecule has 3 aromatic carbocycles. The molecule has 1 heterocycles. The zero-order valence-electron chi connectivity index (χ0n) is 22.0. The average molecular weight is 531 g/mol. The molecule has 1 atom stereocenters. The minimum Gasteiger partial charge on any atom is -0.463 e. The third-order valence-corrected chi connectivity index (χ3v) is 7.10. The molecule has 0 saturated carbocycles. The van der Waals surface area contributed by atoms with Crippen LogP contribution in [-0.4, -0.2) is 29.3 Å². The van der Waals surface area contributed by atoms with Gasteiger partial charge in [-0.05, 0) is 86.3 Å². The number of carbonyl (C=O) groups excluding carboxylic acids is 3. The highest BCUT2D eigenvalue weighted by molar-refractivity contribution is 6.30. The smallest absolute Gasteiger partial charge is 0.336 e. The lowest BCUT2D eigenvalue weighted by atomic mass is 9.83. The highest BCUT2D eigenvalue weighted by Gasteiger charge is 2.37. The number of benzene rings is 3. The van der Waals surface area contributed by atoms with Gasteiger partial charge in [-0.15, -0.1) is 0 Å². The molecule has 7 heteroatoms. The van der Waals surface area contributed by atoms with Crippen LogP contribution in [0.2, 0.25) is 5.02 Å². The van der Waals surface area contributed by atoms with Gasteiger partial charge in [-0.25, -0.2) is 4.79 Å². The monoisotopic (exact) mass is 530 g/mol. The van der Waals surface area contributed by atoms with Crippen molar-refractivity contribution in [2.75, 3.05) is 11.9 Å². The minimum absolute atomic E-state index is 0.110. The lowest BCUT2D eigenvalue weighted by Crippen LogP contribution is -2.38. The number of aryl methyl sites for hydroxylation is 2. The van der Waals surface area contributed by atoms with Crippen molar-refractivity contribution in [1.82, 2.24) is 4.90 Å². The SMILES string of the molecule is CCOC(=O)C1=C(C)N(Cc2cccc(C(=O)Nc3ccc(C)c(C)c3)c2)C(=O)CC1c1cccc(Cl)c1. The number of carbonyl (C=O) groups is 3. The van der Waals surface area contributed by atoms with E-state index in [0.29, 0.717) is 21.9 Å². The number of rotatable bonds is 7. The van der Waals surface area contributed by atoms with Crippen LogP contribution in [0, 0.1) is 13.8 Å². The number of amides is 2. The van der Waals surface area contributed by atoms with Crippen molar-refractivity contribution in [3.05, 3.63) is 111 Å². The van der Waals surface area contributed by atoms with Crippen molar-refractivity contribution in [2.24, 2.45) is 0 Å². The van der Waals surface area contributed by atoms with Gasteiger partial charge in [-0.3, -0.25) is 9.59 Å². The molecule has 6 nitrogen and oxygen atoms in total. The number of hydrogen-bond donors (Lipinski definition) is 1. The fourth-order valence-electron chi connectivity index (χ4n) is 4.70. The van der Waals surface area contributed by atoms with Crippen molar-refractivity contribution in [3.8, 4) is 0 Å². The molecule has 0 spiro atoms. The number of nitrogens with zero attached hydrogens (tertiary/aromatic N) is 1. The number of halogens is 1.